The van der Waals surface area contributed by atoms with Crippen molar-refractivity contribution in [2.75, 3.05) is 26.3 Å². The van der Waals surface area contributed by atoms with E-state index in [-0.39, 0.29) is 35.9 Å². The molecule has 4 aliphatic rings. The van der Waals surface area contributed by atoms with Crippen molar-refractivity contribution < 1.29 is 29.0 Å². The third kappa shape index (κ3) is 10.5. The van der Waals surface area contributed by atoms with E-state index in [1.54, 1.807) is 0 Å². The monoisotopic (exact) mass is 626 g/mol. The van der Waals surface area contributed by atoms with Gasteiger partial charge in [0.15, 0.2) is 0 Å². The summed E-state index contributed by atoms with van der Waals surface area (Å²) >= 11 is 0. The Hall–Kier alpha value is -3.11. The minimum Gasteiger partial charge on any atom is -0.501 e. The molecule has 0 spiro atoms. The predicted octanol–water partition coefficient (Wildman–Crippen LogP) is 3.32. The van der Waals surface area contributed by atoms with Gasteiger partial charge in [0.05, 0.1) is 37.7 Å². The Labute approximate surface area is 268 Å². The number of amides is 3. The molecule has 2 bridgehead atoms. The van der Waals surface area contributed by atoms with Crippen LogP contribution in [0.25, 0.3) is 0 Å². The van der Waals surface area contributed by atoms with Gasteiger partial charge in [-0.15, -0.1) is 0 Å². The van der Waals surface area contributed by atoms with Crippen LogP contribution in [0.5, 0.6) is 5.75 Å². The van der Waals surface area contributed by atoms with E-state index < -0.39 is 24.1 Å². The van der Waals surface area contributed by atoms with Gasteiger partial charge in [0.25, 0.3) is 0 Å². The molecular formula is C35H54N4O6. The number of ether oxygens (including phenoxy) is 2. The first-order chi connectivity index (χ1) is 21.4. The van der Waals surface area contributed by atoms with Crippen molar-refractivity contribution in [1.29, 1.82) is 0 Å². The lowest BCUT2D eigenvalue weighted by molar-refractivity contribution is -0.133. The Morgan fingerprint density at radius 3 is 2.44 bits per heavy atom. The summed E-state index contributed by atoms with van der Waals surface area (Å²) in [7, 11) is 0. The van der Waals surface area contributed by atoms with Crippen LogP contribution in [-0.4, -0.2) is 83.8 Å². The third-order valence-corrected chi connectivity index (χ3v) is 9.13. The average Bonchev–Trinajstić information content (AvgIpc) is 2.98. The molecule has 6 atom stereocenters. The fraction of sp³-hybridized carbons (Fsp3) is 0.686. The van der Waals surface area contributed by atoms with Crippen LogP contribution in [0.1, 0.15) is 78.7 Å². The highest BCUT2D eigenvalue weighted by atomic mass is 16.5. The first kappa shape index (κ1) is 34.8. The zero-order chi connectivity index (χ0) is 32.6. The topological polar surface area (TPSA) is 129 Å². The van der Waals surface area contributed by atoms with E-state index in [0.717, 1.165) is 37.1 Å². The molecule has 1 saturated carbocycles. The van der Waals surface area contributed by atoms with Gasteiger partial charge in [0.1, 0.15) is 11.8 Å². The second kappa shape index (κ2) is 15.9. The molecule has 0 aromatic heterocycles. The molecule has 2 fully saturated rings. The minimum absolute atomic E-state index is 0.0114. The number of carbonyl (C=O) groups is 3. The van der Waals surface area contributed by atoms with Crippen LogP contribution in [0, 0.1) is 17.8 Å². The molecule has 4 N–H and O–H groups in total. The molecule has 3 aliphatic heterocycles. The van der Waals surface area contributed by atoms with Crippen LogP contribution in [0.4, 0.5) is 0 Å². The van der Waals surface area contributed by atoms with E-state index in [4.69, 9.17) is 9.47 Å². The van der Waals surface area contributed by atoms with Crippen LogP contribution in [0.2, 0.25) is 0 Å². The maximum Gasteiger partial charge on any atom is 0.247 e. The fourth-order valence-electron chi connectivity index (χ4n) is 6.77. The largest absolute Gasteiger partial charge is 0.501 e. The lowest BCUT2D eigenvalue weighted by atomic mass is 9.72. The molecule has 3 heterocycles. The number of hydrogen-bond donors (Lipinski definition) is 4. The van der Waals surface area contributed by atoms with Crippen LogP contribution in [0.15, 0.2) is 36.6 Å². The van der Waals surface area contributed by atoms with Crippen molar-refractivity contribution in [2.45, 2.75) is 109 Å². The van der Waals surface area contributed by atoms with E-state index in [1.807, 2.05) is 58.9 Å². The summed E-state index contributed by atoms with van der Waals surface area (Å²) in [5.74, 6) is 0.714. The number of aliphatic hydroxyl groups excluding tert-OH is 1. The summed E-state index contributed by atoms with van der Waals surface area (Å²) in [6.45, 7) is 11.5. The summed E-state index contributed by atoms with van der Waals surface area (Å²) in [4.78, 5) is 42.0. The van der Waals surface area contributed by atoms with Gasteiger partial charge in [-0.05, 0) is 75.5 Å². The van der Waals surface area contributed by atoms with Gasteiger partial charge in [0, 0.05) is 31.1 Å². The van der Waals surface area contributed by atoms with E-state index in [0.29, 0.717) is 37.9 Å². The van der Waals surface area contributed by atoms with Gasteiger partial charge >= 0.3 is 0 Å². The second-order valence-corrected chi connectivity index (χ2v) is 14.4. The number of nitrogens with zero attached hydrogens (tertiary/aromatic N) is 1. The smallest absolute Gasteiger partial charge is 0.247 e. The maximum atomic E-state index is 13.7. The number of carbonyl (C=O) groups excluding carboxylic acids is 3. The number of piperidine rings is 1. The molecule has 0 radical (unpaired) electrons. The molecule has 1 saturated heterocycles. The number of benzene rings is 1. The van der Waals surface area contributed by atoms with Gasteiger partial charge in [-0.1, -0.05) is 45.2 Å². The van der Waals surface area contributed by atoms with Crippen LogP contribution < -0.4 is 20.7 Å². The molecule has 1 aliphatic carbocycles. The molecule has 10 nitrogen and oxygen atoms in total. The summed E-state index contributed by atoms with van der Waals surface area (Å²) in [6, 6.07) is 5.85. The van der Waals surface area contributed by atoms with Crippen LogP contribution >= 0.6 is 0 Å². The number of nitrogens with one attached hydrogen (secondary N) is 3. The lowest BCUT2D eigenvalue weighted by Crippen LogP contribution is -2.61. The number of β-amino-alcohol motifs (C(OH)–C–C–N with tert-alkyl or cyclic N) is 1. The molecule has 45 heavy (non-hydrogen) atoms. The molecule has 250 valence electrons. The highest BCUT2D eigenvalue weighted by Gasteiger charge is 2.42. The number of aliphatic hydroxyl groups is 1. The van der Waals surface area contributed by atoms with Gasteiger partial charge in [-0.3, -0.25) is 19.3 Å². The average molecular weight is 627 g/mol. The Kier molecular flexibility index (Phi) is 12.3. The molecule has 3 amide bonds. The maximum absolute atomic E-state index is 13.7. The minimum atomic E-state index is -0.961. The summed E-state index contributed by atoms with van der Waals surface area (Å²) in [5.41, 5.74) is 0.560. The van der Waals surface area contributed by atoms with Gasteiger partial charge in [-0.25, -0.2) is 0 Å². The standard InChI is InChI=1S/C35H54N4O6/c1-23(2)32-34(43)36-28(19-24-11-13-27(14-12-24)45-17-8-16-44-18-15-31(41)37-32)30(40)22-39-21-26-10-7-6-9-25(26)20-29(39)33(42)38-35(3,4)5/h11-15,18,23,25-26,28-30,32,40H,6-10,16-17,19-22H2,1-5H3,(H,36,43)(H,37,41)(H,38,42)/b18-15-/t25-,26+,28-,29-,30+,32-/m0/s1. The number of hydrogen-bond acceptors (Lipinski definition) is 7. The first-order valence-electron chi connectivity index (χ1n) is 16.7. The lowest BCUT2D eigenvalue weighted by Gasteiger charge is -2.47. The Balaban J connectivity index is 1.58. The van der Waals surface area contributed by atoms with Gasteiger partial charge in [0.2, 0.25) is 17.7 Å². The second-order valence-electron chi connectivity index (χ2n) is 14.4. The summed E-state index contributed by atoms with van der Waals surface area (Å²) < 4.78 is 11.2. The Bertz CT molecular complexity index is 1160. The number of likely N-dealkylation sites (tertiary alicyclic amines) is 1. The van der Waals surface area contributed by atoms with E-state index in [2.05, 4.69) is 20.9 Å². The SMILES string of the molecule is CC(C)[C@@H]1NC(=O)/C=C\OCCCOc2ccc(cc2)C[C@@H]([C@H](O)CN2C[C@H]3CCCC[C@H]3C[C@H]2C(=O)NC(C)(C)C)NC1=O. The molecule has 1 aromatic rings. The molecular weight excluding hydrogens is 572 g/mol. The van der Waals surface area contributed by atoms with Gasteiger partial charge in [-0.2, -0.15) is 0 Å². The molecule has 0 unspecified atom stereocenters. The predicted molar refractivity (Wildman–Crippen MR) is 173 cm³/mol. The van der Waals surface area contributed by atoms with E-state index >= 15 is 0 Å². The summed E-state index contributed by atoms with van der Waals surface area (Å²) in [5, 5.41) is 20.9. The molecule has 10 heteroatoms. The quantitative estimate of drug-likeness (QED) is 0.395. The normalized spacial score (nSPS) is 28.7. The van der Waals surface area contributed by atoms with Crippen LogP contribution in [0.3, 0.4) is 0 Å². The highest BCUT2D eigenvalue weighted by Crippen LogP contribution is 2.39. The van der Waals surface area contributed by atoms with Crippen molar-refractivity contribution in [3.63, 3.8) is 0 Å². The van der Waals surface area contributed by atoms with Crippen molar-refractivity contribution >= 4 is 17.7 Å². The van der Waals surface area contributed by atoms with Crippen molar-refractivity contribution in [3.8, 4) is 5.75 Å². The zero-order valence-electron chi connectivity index (χ0n) is 27.7. The first-order valence-corrected chi connectivity index (χ1v) is 16.7. The Morgan fingerprint density at radius 1 is 1.04 bits per heavy atom. The number of rotatable bonds is 5. The van der Waals surface area contributed by atoms with Crippen molar-refractivity contribution in [3.05, 3.63) is 42.2 Å². The summed E-state index contributed by atoms with van der Waals surface area (Å²) in [6.07, 6.45) is 8.10. The molecule has 5 rings (SSSR count). The van der Waals surface area contributed by atoms with Crippen LogP contribution in [-0.2, 0) is 25.5 Å². The zero-order valence-corrected chi connectivity index (χ0v) is 27.7. The Morgan fingerprint density at radius 2 is 1.76 bits per heavy atom. The fourth-order valence-corrected chi connectivity index (χ4v) is 6.77. The van der Waals surface area contributed by atoms with Gasteiger partial charge < -0.3 is 30.5 Å². The van der Waals surface area contributed by atoms with E-state index in [9.17, 15) is 19.5 Å². The third-order valence-electron chi connectivity index (χ3n) is 9.13. The van der Waals surface area contributed by atoms with Crippen molar-refractivity contribution in [2.24, 2.45) is 17.8 Å². The number of fused-ring (bicyclic) bond motifs is 15. The van der Waals surface area contributed by atoms with E-state index in [1.165, 1.54) is 25.2 Å². The molecule has 1 aromatic carbocycles. The highest BCUT2D eigenvalue weighted by molar-refractivity contribution is 5.93. The van der Waals surface area contributed by atoms with Crippen molar-refractivity contribution in [1.82, 2.24) is 20.9 Å².